The molecular formula is C17H23N3S. The summed E-state index contributed by atoms with van der Waals surface area (Å²) in [7, 11) is 0. The van der Waals surface area contributed by atoms with Crippen LogP contribution in [0, 0.1) is 5.92 Å². The lowest BCUT2D eigenvalue weighted by atomic mass is 9.78. The molecule has 1 aliphatic carbocycles. The molecule has 1 aromatic heterocycles. The molecule has 1 aromatic carbocycles. The highest BCUT2D eigenvalue weighted by molar-refractivity contribution is 7.22. The smallest absolute Gasteiger partial charge is 0.181 e. The Bertz CT molecular complexity index is 634. The van der Waals surface area contributed by atoms with Crippen LogP contribution in [0.5, 0.6) is 0 Å². The average molecular weight is 301 g/mol. The molecule has 3 nitrogen and oxygen atoms in total. The van der Waals surface area contributed by atoms with Crippen molar-refractivity contribution in [3.8, 4) is 0 Å². The summed E-state index contributed by atoms with van der Waals surface area (Å²) in [4.78, 5) is 7.08. The van der Waals surface area contributed by atoms with Gasteiger partial charge in [0.2, 0.25) is 0 Å². The fourth-order valence-electron chi connectivity index (χ4n) is 4.24. The highest BCUT2D eigenvalue weighted by atomic mass is 32.1. The van der Waals surface area contributed by atoms with Gasteiger partial charge in [0.05, 0.1) is 10.2 Å². The number of anilines is 1. The van der Waals surface area contributed by atoms with Gasteiger partial charge < -0.3 is 5.73 Å². The highest BCUT2D eigenvalue weighted by Gasteiger charge is 2.32. The summed E-state index contributed by atoms with van der Waals surface area (Å²) in [5.74, 6) is 0.954. The largest absolute Gasteiger partial charge is 0.375 e. The standard InChI is InChI=1S/C17H23N3S/c18-17-19-14-8-7-12(10-16(14)21-17)11-20-9-3-5-13-4-1-2-6-15(13)20/h7-8,10,13,15H,1-6,9,11H2,(H2,18,19)/t13-,15-/m1/s1. The van der Waals surface area contributed by atoms with Crippen molar-refractivity contribution in [2.24, 2.45) is 5.92 Å². The van der Waals surface area contributed by atoms with E-state index in [4.69, 9.17) is 5.73 Å². The van der Waals surface area contributed by atoms with Crippen LogP contribution in [0.25, 0.3) is 10.2 Å². The summed E-state index contributed by atoms with van der Waals surface area (Å²) >= 11 is 1.60. The molecular weight excluding hydrogens is 278 g/mol. The van der Waals surface area contributed by atoms with Crippen molar-refractivity contribution in [3.05, 3.63) is 23.8 Å². The van der Waals surface area contributed by atoms with Crippen LogP contribution in [0.2, 0.25) is 0 Å². The number of piperidine rings is 1. The van der Waals surface area contributed by atoms with Crippen molar-refractivity contribution in [1.29, 1.82) is 0 Å². The van der Waals surface area contributed by atoms with Gasteiger partial charge in [0.25, 0.3) is 0 Å². The monoisotopic (exact) mass is 301 g/mol. The molecule has 0 radical (unpaired) electrons. The number of hydrogen-bond acceptors (Lipinski definition) is 4. The second-order valence-electron chi connectivity index (χ2n) is 6.58. The third kappa shape index (κ3) is 2.67. The van der Waals surface area contributed by atoms with E-state index in [9.17, 15) is 0 Å². The fraction of sp³-hybridized carbons (Fsp3) is 0.588. The number of nitrogens with zero attached hydrogens (tertiary/aromatic N) is 2. The summed E-state index contributed by atoms with van der Waals surface area (Å²) in [6.45, 7) is 2.36. The molecule has 2 fully saturated rings. The zero-order valence-electron chi connectivity index (χ0n) is 12.4. The first-order chi connectivity index (χ1) is 10.3. The lowest BCUT2D eigenvalue weighted by Crippen LogP contribution is -2.46. The summed E-state index contributed by atoms with van der Waals surface area (Å²) < 4.78 is 1.22. The molecule has 2 aliphatic rings. The van der Waals surface area contributed by atoms with Gasteiger partial charge in [-0.15, -0.1) is 0 Å². The van der Waals surface area contributed by atoms with Gasteiger partial charge in [-0.1, -0.05) is 30.2 Å². The second kappa shape index (κ2) is 5.58. The van der Waals surface area contributed by atoms with E-state index in [0.717, 1.165) is 24.0 Å². The van der Waals surface area contributed by atoms with E-state index in [0.29, 0.717) is 5.13 Å². The van der Waals surface area contributed by atoms with Crippen LogP contribution in [0.3, 0.4) is 0 Å². The van der Waals surface area contributed by atoms with Crippen molar-refractivity contribution in [2.75, 3.05) is 12.3 Å². The van der Waals surface area contributed by atoms with E-state index in [1.807, 2.05) is 0 Å². The van der Waals surface area contributed by atoms with Crippen molar-refractivity contribution in [1.82, 2.24) is 9.88 Å². The number of likely N-dealkylation sites (tertiary alicyclic amines) is 1. The Morgan fingerprint density at radius 1 is 1.19 bits per heavy atom. The first-order valence-corrected chi connectivity index (χ1v) is 9.00. The van der Waals surface area contributed by atoms with Crippen LogP contribution in [-0.2, 0) is 6.54 Å². The van der Waals surface area contributed by atoms with Gasteiger partial charge in [0.15, 0.2) is 5.13 Å². The molecule has 0 amide bonds. The summed E-state index contributed by atoms with van der Waals surface area (Å²) in [5, 5.41) is 0.674. The number of nitrogens with two attached hydrogens (primary N) is 1. The van der Waals surface area contributed by atoms with Crippen LogP contribution in [-0.4, -0.2) is 22.5 Å². The predicted molar refractivity (Wildman–Crippen MR) is 89.4 cm³/mol. The van der Waals surface area contributed by atoms with Crippen LogP contribution >= 0.6 is 11.3 Å². The number of nitrogen functional groups attached to an aromatic ring is 1. The Labute approximate surface area is 130 Å². The van der Waals surface area contributed by atoms with Gasteiger partial charge in [-0.2, -0.15) is 0 Å². The van der Waals surface area contributed by atoms with E-state index in [2.05, 4.69) is 28.1 Å². The minimum absolute atomic E-state index is 0.674. The lowest BCUT2D eigenvalue weighted by molar-refractivity contribution is 0.0547. The van der Waals surface area contributed by atoms with Crippen molar-refractivity contribution in [3.63, 3.8) is 0 Å². The second-order valence-corrected chi connectivity index (χ2v) is 7.64. The first kappa shape index (κ1) is 13.5. The third-order valence-corrected chi connectivity index (χ3v) is 6.06. The molecule has 2 aromatic rings. The molecule has 1 saturated heterocycles. The maximum atomic E-state index is 5.81. The minimum Gasteiger partial charge on any atom is -0.375 e. The Kier molecular flexibility index (Phi) is 3.59. The quantitative estimate of drug-likeness (QED) is 0.910. The van der Waals surface area contributed by atoms with Gasteiger partial charge in [0, 0.05) is 12.6 Å². The zero-order chi connectivity index (χ0) is 14.2. The van der Waals surface area contributed by atoms with Gasteiger partial charge in [0.1, 0.15) is 0 Å². The number of rotatable bonds is 2. The maximum Gasteiger partial charge on any atom is 0.181 e. The molecule has 1 saturated carbocycles. The predicted octanol–water partition coefficient (Wildman–Crippen LogP) is 4.03. The zero-order valence-corrected chi connectivity index (χ0v) is 13.2. The molecule has 2 heterocycles. The van der Waals surface area contributed by atoms with Crippen molar-refractivity contribution < 1.29 is 0 Å². The fourth-order valence-corrected chi connectivity index (χ4v) is 5.04. The summed E-state index contributed by atoms with van der Waals surface area (Å²) in [6, 6.07) is 7.47. The van der Waals surface area contributed by atoms with E-state index < -0.39 is 0 Å². The molecule has 1 aliphatic heterocycles. The number of hydrogen-bond donors (Lipinski definition) is 1. The molecule has 112 valence electrons. The maximum absolute atomic E-state index is 5.81. The number of benzene rings is 1. The van der Waals surface area contributed by atoms with Crippen LogP contribution in [0.4, 0.5) is 5.13 Å². The molecule has 0 bridgehead atoms. The number of aromatic nitrogens is 1. The SMILES string of the molecule is Nc1nc2ccc(CN3CCC[C@H]4CCCC[C@H]43)cc2s1. The topological polar surface area (TPSA) is 42.1 Å². The lowest BCUT2D eigenvalue weighted by Gasteiger charge is -2.44. The number of thiazole rings is 1. The van der Waals surface area contributed by atoms with Crippen molar-refractivity contribution >= 4 is 26.7 Å². The van der Waals surface area contributed by atoms with E-state index in [1.54, 1.807) is 11.3 Å². The average Bonchev–Trinajstić information content (AvgIpc) is 2.87. The normalized spacial score (nSPS) is 26.9. The molecule has 4 rings (SSSR count). The Morgan fingerprint density at radius 3 is 3.00 bits per heavy atom. The van der Waals surface area contributed by atoms with Gasteiger partial charge in [-0.25, -0.2) is 4.98 Å². The summed E-state index contributed by atoms with van der Waals surface area (Å²) in [6.07, 6.45) is 8.54. The molecule has 0 spiro atoms. The van der Waals surface area contributed by atoms with E-state index >= 15 is 0 Å². The van der Waals surface area contributed by atoms with E-state index in [1.165, 1.54) is 55.3 Å². The van der Waals surface area contributed by atoms with Gasteiger partial charge >= 0.3 is 0 Å². The third-order valence-electron chi connectivity index (χ3n) is 5.21. The van der Waals surface area contributed by atoms with Gasteiger partial charge in [-0.3, -0.25) is 4.90 Å². The van der Waals surface area contributed by atoms with Crippen LogP contribution < -0.4 is 5.73 Å². The van der Waals surface area contributed by atoms with E-state index in [-0.39, 0.29) is 0 Å². The Balaban J connectivity index is 1.55. The number of fused-ring (bicyclic) bond motifs is 2. The van der Waals surface area contributed by atoms with Crippen LogP contribution in [0.1, 0.15) is 44.1 Å². The first-order valence-electron chi connectivity index (χ1n) is 8.18. The minimum atomic E-state index is 0.674. The molecule has 0 unspecified atom stereocenters. The van der Waals surface area contributed by atoms with Crippen LogP contribution in [0.15, 0.2) is 18.2 Å². The summed E-state index contributed by atoms with van der Waals surface area (Å²) in [5.41, 5.74) is 8.26. The van der Waals surface area contributed by atoms with Crippen molar-refractivity contribution in [2.45, 2.75) is 51.1 Å². The Hall–Kier alpha value is -1.13. The highest BCUT2D eigenvalue weighted by Crippen LogP contribution is 2.36. The molecule has 2 atom stereocenters. The van der Waals surface area contributed by atoms with Gasteiger partial charge in [-0.05, 0) is 55.8 Å². The molecule has 21 heavy (non-hydrogen) atoms. The Morgan fingerprint density at radius 2 is 2.05 bits per heavy atom. The molecule has 2 N–H and O–H groups in total. The molecule has 4 heteroatoms.